The summed E-state index contributed by atoms with van der Waals surface area (Å²) in [5.41, 5.74) is 4.08. The summed E-state index contributed by atoms with van der Waals surface area (Å²) in [4.78, 5) is 12.1. The Kier molecular flexibility index (Phi) is 3.46. The Morgan fingerprint density at radius 2 is 2.06 bits per heavy atom. The third-order valence-electron chi connectivity index (χ3n) is 4.08. The van der Waals surface area contributed by atoms with Gasteiger partial charge in [-0.2, -0.15) is 0 Å². The van der Waals surface area contributed by atoms with Crippen LogP contribution in [0.5, 0.6) is 0 Å². The molecule has 2 aliphatic rings. The van der Waals surface area contributed by atoms with Crippen LogP contribution in [0.25, 0.3) is 0 Å². The third kappa shape index (κ3) is 2.49. The van der Waals surface area contributed by atoms with Crippen LogP contribution >= 0.6 is 0 Å². The van der Waals surface area contributed by atoms with E-state index >= 15 is 0 Å². The molecule has 1 aromatic carbocycles. The highest BCUT2D eigenvalue weighted by molar-refractivity contribution is 5.85. The quantitative estimate of drug-likeness (QED) is 0.817. The molecule has 0 saturated carbocycles. The smallest absolute Gasteiger partial charge is 0.165 e. The van der Waals surface area contributed by atoms with Crippen LogP contribution in [-0.4, -0.2) is 18.5 Å². The van der Waals surface area contributed by atoms with E-state index < -0.39 is 0 Å². The van der Waals surface area contributed by atoms with Gasteiger partial charge in [0.25, 0.3) is 0 Å². The first-order chi connectivity index (χ1) is 8.83. The minimum Gasteiger partial charge on any atom is -0.370 e. The van der Waals surface area contributed by atoms with Crippen LogP contribution in [0.3, 0.4) is 0 Å². The summed E-state index contributed by atoms with van der Waals surface area (Å²) in [6.07, 6.45) is 7.17. The molecular weight excluding hydrogens is 224 g/mol. The third-order valence-corrected chi connectivity index (χ3v) is 4.08. The van der Waals surface area contributed by atoms with Crippen molar-refractivity contribution in [3.63, 3.8) is 0 Å². The first kappa shape index (κ1) is 11.9. The maximum atomic E-state index is 12.1. The van der Waals surface area contributed by atoms with E-state index in [1.807, 2.05) is 0 Å². The summed E-state index contributed by atoms with van der Waals surface area (Å²) in [6, 6.07) is 6.54. The zero-order valence-electron chi connectivity index (χ0n) is 10.8. The summed E-state index contributed by atoms with van der Waals surface area (Å²) in [5.74, 6) is 0.257. The van der Waals surface area contributed by atoms with Crippen molar-refractivity contribution >= 4 is 5.78 Å². The number of rotatable bonds is 3. The second kappa shape index (κ2) is 5.23. The molecule has 18 heavy (non-hydrogen) atoms. The number of hydrogen-bond acceptors (Lipinski definition) is 2. The largest absolute Gasteiger partial charge is 0.370 e. The van der Waals surface area contributed by atoms with Gasteiger partial charge in [-0.1, -0.05) is 18.2 Å². The van der Waals surface area contributed by atoms with Gasteiger partial charge in [0, 0.05) is 13.0 Å². The average Bonchev–Trinajstić information content (AvgIpc) is 2.87. The Morgan fingerprint density at radius 3 is 2.89 bits per heavy atom. The van der Waals surface area contributed by atoms with Crippen molar-refractivity contribution in [2.45, 2.75) is 51.0 Å². The lowest BCUT2D eigenvalue weighted by atomic mass is 9.98. The minimum atomic E-state index is -0.146. The maximum Gasteiger partial charge on any atom is 0.165 e. The average molecular weight is 244 g/mol. The van der Waals surface area contributed by atoms with E-state index in [1.165, 1.54) is 30.4 Å². The van der Waals surface area contributed by atoms with Crippen LogP contribution in [0.2, 0.25) is 0 Å². The standard InChI is InChI=1S/C16H20O2/c17-15(16-6-1-2-9-18-16)11-12-7-8-13-4-3-5-14(13)10-12/h7-8,10,16H,1-6,9,11H2. The van der Waals surface area contributed by atoms with Crippen LogP contribution in [0.15, 0.2) is 18.2 Å². The molecule has 1 aliphatic heterocycles. The molecule has 96 valence electrons. The van der Waals surface area contributed by atoms with Gasteiger partial charge >= 0.3 is 0 Å². The Bertz CT molecular complexity index is 444. The maximum absolute atomic E-state index is 12.1. The van der Waals surface area contributed by atoms with Gasteiger partial charge in [0.1, 0.15) is 6.10 Å². The van der Waals surface area contributed by atoms with E-state index in [0.29, 0.717) is 6.42 Å². The van der Waals surface area contributed by atoms with E-state index in [4.69, 9.17) is 4.74 Å². The van der Waals surface area contributed by atoms with Crippen molar-refractivity contribution in [1.82, 2.24) is 0 Å². The van der Waals surface area contributed by atoms with Crippen molar-refractivity contribution in [3.8, 4) is 0 Å². The van der Waals surface area contributed by atoms with Crippen molar-refractivity contribution in [1.29, 1.82) is 0 Å². The second-order valence-electron chi connectivity index (χ2n) is 5.45. The van der Waals surface area contributed by atoms with Crippen molar-refractivity contribution in [3.05, 3.63) is 34.9 Å². The number of hydrogen-bond donors (Lipinski definition) is 0. The van der Waals surface area contributed by atoms with Gasteiger partial charge in [-0.15, -0.1) is 0 Å². The summed E-state index contributed by atoms with van der Waals surface area (Å²) in [7, 11) is 0. The Balaban J connectivity index is 1.66. The molecule has 0 bridgehead atoms. The Hall–Kier alpha value is -1.15. The van der Waals surface area contributed by atoms with Crippen LogP contribution in [0.4, 0.5) is 0 Å². The SMILES string of the molecule is O=C(Cc1ccc2c(c1)CCC2)C1CCCCO1. The molecule has 0 radical (unpaired) electrons. The predicted octanol–water partition coefficient (Wildman–Crippen LogP) is 2.86. The second-order valence-corrected chi connectivity index (χ2v) is 5.45. The predicted molar refractivity (Wildman–Crippen MR) is 70.8 cm³/mol. The highest BCUT2D eigenvalue weighted by Crippen LogP contribution is 2.23. The first-order valence-corrected chi connectivity index (χ1v) is 7.08. The van der Waals surface area contributed by atoms with Crippen molar-refractivity contribution < 1.29 is 9.53 Å². The monoisotopic (exact) mass is 244 g/mol. The molecule has 1 unspecified atom stereocenters. The molecule has 1 fully saturated rings. The molecule has 2 nitrogen and oxygen atoms in total. The number of ketones is 1. The zero-order chi connectivity index (χ0) is 12.4. The van der Waals surface area contributed by atoms with E-state index in [0.717, 1.165) is 31.4 Å². The molecule has 0 N–H and O–H groups in total. The zero-order valence-corrected chi connectivity index (χ0v) is 10.8. The van der Waals surface area contributed by atoms with Crippen LogP contribution in [0, 0.1) is 0 Å². The molecule has 1 atom stereocenters. The van der Waals surface area contributed by atoms with Gasteiger partial charge in [0.2, 0.25) is 0 Å². The number of Topliss-reactive ketones (excluding diaryl/α,β-unsaturated/α-hetero) is 1. The number of aryl methyl sites for hydroxylation is 2. The summed E-state index contributed by atoms with van der Waals surface area (Å²) >= 11 is 0. The fourth-order valence-corrected chi connectivity index (χ4v) is 3.04. The van der Waals surface area contributed by atoms with E-state index in [2.05, 4.69) is 18.2 Å². The van der Waals surface area contributed by atoms with Gasteiger partial charge in [0.05, 0.1) is 0 Å². The lowest BCUT2D eigenvalue weighted by molar-refractivity contribution is -0.132. The summed E-state index contributed by atoms with van der Waals surface area (Å²) in [6.45, 7) is 0.751. The molecule has 1 aliphatic carbocycles. The number of ether oxygens (including phenoxy) is 1. The number of carbonyl (C=O) groups excluding carboxylic acids is 1. The van der Waals surface area contributed by atoms with Gasteiger partial charge in [-0.25, -0.2) is 0 Å². The van der Waals surface area contributed by atoms with Gasteiger partial charge in [-0.3, -0.25) is 4.79 Å². The molecule has 0 amide bonds. The van der Waals surface area contributed by atoms with E-state index in [1.54, 1.807) is 0 Å². The highest BCUT2D eigenvalue weighted by Gasteiger charge is 2.22. The fourth-order valence-electron chi connectivity index (χ4n) is 3.04. The van der Waals surface area contributed by atoms with Crippen molar-refractivity contribution in [2.75, 3.05) is 6.61 Å². The number of carbonyl (C=O) groups is 1. The topological polar surface area (TPSA) is 26.3 Å². The normalized spacial score (nSPS) is 22.8. The molecule has 2 heteroatoms. The summed E-state index contributed by atoms with van der Waals surface area (Å²) < 4.78 is 5.56. The number of fused-ring (bicyclic) bond motifs is 1. The number of benzene rings is 1. The van der Waals surface area contributed by atoms with E-state index in [9.17, 15) is 4.79 Å². The lowest BCUT2D eigenvalue weighted by Gasteiger charge is -2.21. The molecular formula is C16H20O2. The van der Waals surface area contributed by atoms with Crippen LogP contribution in [0.1, 0.15) is 42.4 Å². The molecule has 0 spiro atoms. The first-order valence-electron chi connectivity index (χ1n) is 7.08. The van der Waals surface area contributed by atoms with E-state index in [-0.39, 0.29) is 11.9 Å². The molecule has 0 aromatic heterocycles. The molecule has 1 aromatic rings. The van der Waals surface area contributed by atoms with Gasteiger partial charge in [0.15, 0.2) is 5.78 Å². The molecule has 1 saturated heterocycles. The molecule has 3 rings (SSSR count). The Morgan fingerprint density at radius 1 is 1.17 bits per heavy atom. The summed E-state index contributed by atoms with van der Waals surface area (Å²) in [5, 5.41) is 0. The minimum absolute atomic E-state index is 0.146. The lowest BCUT2D eigenvalue weighted by Crippen LogP contribution is -2.29. The Labute approximate surface area is 108 Å². The van der Waals surface area contributed by atoms with Gasteiger partial charge < -0.3 is 4.74 Å². The van der Waals surface area contributed by atoms with Crippen molar-refractivity contribution in [2.24, 2.45) is 0 Å². The van der Waals surface area contributed by atoms with Crippen LogP contribution < -0.4 is 0 Å². The van der Waals surface area contributed by atoms with Gasteiger partial charge in [-0.05, 0) is 55.2 Å². The van der Waals surface area contributed by atoms with Crippen LogP contribution in [-0.2, 0) is 28.8 Å². The highest BCUT2D eigenvalue weighted by atomic mass is 16.5. The fraction of sp³-hybridized carbons (Fsp3) is 0.562. The molecule has 1 heterocycles.